The molecule has 2 amide bonds. The Hall–Kier alpha value is -4.33. The lowest BCUT2D eigenvalue weighted by Gasteiger charge is -2.38. The predicted molar refractivity (Wildman–Crippen MR) is 172 cm³/mol. The van der Waals surface area contributed by atoms with Crippen LogP contribution < -0.4 is 10.2 Å². The fourth-order valence-corrected chi connectivity index (χ4v) is 7.06. The minimum atomic E-state index is -0.862. The van der Waals surface area contributed by atoms with Crippen molar-refractivity contribution in [3.05, 3.63) is 91.8 Å². The maximum Gasteiger partial charge on any atom is 0.338 e. The molecule has 0 spiro atoms. The Bertz CT molecular complexity index is 1740. The monoisotopic (exact) mass is 666 g/mol. The summed E-state index contributed by atoms with van der Waals surface area (Å²) in [7, 11) is 1.30. The quantitative estimate of drug-likeness (QED) is 0.322. The van der Waals surface area contributed by atoms with Crippen molar-refractivity contribution < 1.29 is 28.6 Å². The summed E-state index contributed by atoms with van der Waals surface area (Å²) in [5.74, 6) is -1.47. The molecule has 2 fully saturated rings. The van der Waals surface area contributed by atoms with Gasteiger partial charge in [0.1, 0.15) is 11.9 Å². The lowest BCUT2D eigenvalue weighted by atomic mass is 9.95. The molecule has 3 aromatic rings. The van der Waals surface area contributed by atoms with Crippen LogP contribution in [0, 0.1) is 12.7 Å². The molecule has 46 heavy (non-hydrogen) atoms. The summed E-state index contributed by atoms with van der Waals surface area (Å²) in [4.78, 5) is 52.8. The van der Waals surface area contributed by atoms with Crippen molar-refractivity contribution in [2.24, 2.45) is 4.99 Å². The number of amidine groups is 1. The highest BCUT2D eigenvalue weighted by molar-refractivity contribution is 7.11. The first-order valence-corrected chi connectivity index (χ1v) is 16.0. The molecule has 14 heteroatoms. The van der Waals surface area contributed by atoms with E-state index in [9.17, 15) is 18.8 Å². The zero-order chi connectivity index (χ0) is 32.5. The first-order valence-electron chi connectivity index (χ1n) is 14.8. The number of urea groups is 1. The van der Waals surface area contributed by atoms with Gasteiger partial charge in [0, 0.05) is 72.2 Å². The van der Waals surface area contributed by atoms with E-state index in [0.29, 0.717) is 61.2 Å². The average Bonchev–Trinajstić information content (AvgIpc) is 3.62. The van der Waals surface area contributed by atoms with Crippen molar-refractivity contribution in [1.29, 1.82) is 0 Å². The van der Waals surface area contributed by atoms with Crippen LogP contribution in [0.15, 0.2) is 64.1 Å². The van der Waals surface area contributed by atoms with Crippen LogP contribution in [0.25, 0.3) is 0 Å². The Balaban J connectivity index is 1.25. The van der Waals surface area contributed by atoms with Crippen LogP contribution in [-0.2, 0) is 20.7 Å². The first-order chi connectivity index (χ1) is 22.1. The number of hydrogen-bond acceptors (Lipinski definition) is 9. The summed E-state index contributed by atoms with van der Waals surface area (Å²) in [6, 6.07) is 10.4. The molecule has 6 rings (SSSR count). The maximum absolute atomic E-state index is 14.0. The molecule has 2 atom stereocenters. The number of amides is 2. The van der Waals surface area contributed by atoms with Crippen LogP contribution in [0.3, 0.4) is 0 Å². The molecule has 3 aliphatic heterocycles. The average molecular weight is 667 g/mol. The van der Waals surface area contributed by atoms with Crippen LogP contribution in [0.5, 0.6) is 0 Å². The number of benzene rings is 2. The van der Waals surface area contributed by atoms with Gasteiger partial charge in [-0.05, 0) is 43.2 Å². The molecule has 1 aromatic heterocycles. The van der Waals surface area contributed by atoms with Gasteiger partial charge in [-0.3, -0.25) is 19.6 Å². The van der Waals surface area contributed by atoms with Crippen LogP contribution in [0.2, 0.25) is 5.02 Å². The lowest BCUT2D eigenvalue weighted by Crippen LogP contribution is -2.53. The largest absolute Gasteiger partial charge is 0.481 e. The molecular weight excluding hydrogens is 635 g/mol. The molecule has 0 saturated carbocycles. The van der Waals surface area contributed by atoms with Gasteiger partial charge in [0.25, 0.3) is 0 Å². The van der Waals surface area contributed by atoms with Gasteiger partial charge >= 0.3 is 18.0 Å². The van der Waals surface area contributed by atoms with E-state index in [-0.39, 0.29) is 29.1 Å². The van der Waals surface area contributed by atoms with E-state index in [0.717, 1.165) is 16.9 Å². The molecule has 0 radical (unpaired) electrons. The topological polar surface area (TPSA) is 128 Å². The number of carboxylic acids is 1. The molecule has 2 aromatic carbocycles. The number of anilines is 1. The van der Waals surface area contributed by atoms with Gasteiger partial charge in [-0.25, -0.2) is 19.0 Å². The van der Waals surface area contributed by atoms with Gasteiger partial charge in [-0.15, -0.1) is 11.3 Å². The fourth-order valence-electron chi connectivity index (χ4n) is 6.04. The Morgan fingerprint density at radius 1 is 1.17 bits per heavy atom. The summed E-state index contributed by atoms with van der Waals surface area (Å²) in [5, 5.41) is 15.0. The number of methoxy groups -OCH3 is 1. The number of fused-ring (bicyclic) bond motifs is 1. The second kappa shape index (κ2) is 13.2. The first kappa shape index (κ1) is 31.6. The molecule has 0 aliphatic carbocycles. The van der Waals surface area contributed by atoms with Crippen LogP contribution in [-0.4, -0.2) is 89.6 Å². The van der Waals surface area contributed by atoms with E-state index in [1.54, 1.807) is 4.90 Å². The summed E-state index contributed by atoms with van der Waals surface area (Å²) in [5.41, 5.74) is 3.78. The summed E-state index contributed by atoms with van der Waals surface area (Å²) >= 11 is 7.91. The van der Waals surface area contributed by atoms with E-state index in [2.05, 4.69) is 15.2 Å². The molecule has 240 valence electrons. The number of ether oxygens (including phenoxy) is 1. The van der Waals surface area contributed by atoms with Gasteiger partial charge in [0.15, 0.2) is 10.8 Å². The standard InChI is InChI=1S/C32H32ClFN6O5S/c1-18-17-46-30(35-18)29-36-25(27(31(43)45-2)28(37-29)23-9-6-20(34)13-24(23)33)16-38-11-12-39-22(14-38)15-40(32(39)44)21-7-3-19(4-8-21)5-10-26(41)42/h3-4,6-9,13,17,22,28H,5,10-12,14-16H2,1-2H3,(H,36,37)(H,41,42)/t22-,28-/m0/s1. The zero-order valence-electron chi connectivity index (χ0n) is 25.2. The van der Waals surface area contributed by atoms with Crippen molar-refractivity contribution >= 4 is 52.4 Å². The number of esters is 1. The molecule has 3 aliphatic rings. The van der Waals surface area contributed by atoms with Crippen molar-refractivity contribution in [3.8, 4) is 0 Å². The number of piperazine rings is 1. The molecule has 4 heterocycles. The van der Waals surface area contributed by atoms with Crippen LogP contribution in [0.4, 0.5) is 14.9 Å². The van der Waals surface area contributed by atoms with Gasteiger partial charge in [-0.2, -0.15) is 0 Å². The van der Waals surface area contributed by atoms with Gasteiger partial charge in [-0.1, -0.05) is 29.8 Å². The number of nitrogens with zero attached hydrogens (tertiary/aromatic N) is 5. The SMILES string of the molecule is COC(=O)C1=C(CN2CCN3C(=O)N(c4ccc(CCC(=O)O)cc4)C[C@@H]3C2)NC(c2nc(C)cs2)=N[C@H]1c1ccc(F)cc1Cl. The van der Waals surface area contributed by atoms with Gasteiger partial charge < -0.3 is 20.1 Å². The number of carbonyl (C=O) groups is 3. The number of aliphatic carboxylic acids is 1. The minimum absolute atomic E-state index is 0.0468. The van der Waals surface area contributed by atoms with Crippen molar-refractivity contribution in [3.63, 3.8) is 0 Å². The van der Waals surface area contributed by atoms with E-state index < -0.39 is 23.8 Å². The summed E-state index contributed by atoms with van der Waals surface area (Å²) < 4.78 is 19.2. The molecular formula is C32H32ClFN6O5S. The Kier molecular flexibility index (Phi) is 9.07. The number of rotatable bonds is 9. The summed E-state index contributed by atoms with van der Waals surface area (Å²) in [6.45, 7) is 4.32. The number of thiazole rings is 1. The smallest absolute Gasteiger partial charge is 0.338 e. The predicted octanol–water partition coefficient (Wildman–Crippen LogP) is 4.41. The van der Waals surface area contributed by atoms with Crippen molar-refractivity contribution in [2.75, 3.05) is 44.7 Å². The number of halogens is 2. The van der Waals surface area contributed by atoms with Crippen LogP contribution in [0.1, 0.15) is 34.3 Å². The van der Waals surface area contributed by atoms with E-state index in [1.165, 1.54) is 36.6 Å². The third-order valence-corrected chi connectivity index (χ3v) is 9.60. The lowest BCUT2D eigenvalue weighted by molar-refractivity contribution is -0.137. The molecule has 2 saturated heterocycles. The number of carboxylic acid groups (broad SMARTS) is 1. The van der Waals surface area contributed by atoms with Crippen molar-refractivity contribution in [2.45, 2.75) is 31.8 Å². The number of aryl methyl sites for hydroxylation is 2. The fraction of sp³-hybridized carbons (Fsp3) is 0.344. The number of aromatic nitrogens is 1. The van der Waals surface area contributed by atoms with Crippen molar-refractivity contribution in [1.82, 2.24) is 20.1 Å². The van der Waals surface area contributed by atoms with Gasteiger partial charge in [0.05, 0.1) is 18.7 Å². The normalized spacial score (nSPS) is 20.0. The Morgan fingerprint density at radius 2 is 1.96 bits per heavy atom. The third-order valence-electron chi connectivity index (χ3n) is 8.30. The summed E-state index contributed by atoms with van der Waals surface area (Å²) in [6.07, 6.45) is 0.471. The number of hydrogen-bond donors (Lipinski definition) is 2. The second-order valence-electron chi connectivity index (χ2n) is 11.4. The van der Waals surface area contributed by atoms with E-state index in [4.69, 9.17) is 26.4 Å². The third kappa shape index (κ3) is 6.48. The molecule has 11 nitrogen and oxygen atoms in total. The highest BCUT2D eigenvalue weighted by Crippen LogP contribution is 2.37. The maximum atomic E-state index is 14.0. The van der Waals surface area contributed by atoms with Gasteiger partial charge in [0.2, 0.25) is 0 Å². The number of nitrogens with one attached hydrogen (secondary N) is 1. The van der Waals surface area contributed by atoms with E-state index >= 15 is 0 Å². The molecule has 2 N–H and O–H groups in total. The van der Waals surface area contributed by atoms with Crippen LogP contribution >= 0.6 is 22.9 Å². The highest BCUT2D eigenvalue weighted by atomic mass is 35.5. The molecule has 0 unspecified atom stereocenters. The molecule has 0 bridgehead atoms. The Morgan fingerprint density at radius 3 is 2.63 bits per heavy atom. The van der Waals surface area contributed by atoms with E-state index in [1.807, 2.05) is 41.5 Å². The Labute approximate surface area is 273 Å². The second-order valence-corrected chi connectivity index (χ2v) is 12.6. The number of carbonyl (C=O) groups excluding carboxylic acids is 2. The number of aliphatic imine (C=N–C) groups is 1. The highest BCUT2D eigenvalue weighted by Gasteiger charge is 2.42. The minimum Gasteiger partial charge on any atom is -0.481 e. The zero-order valence-corrected chi connectivity index (χ0v) is 26.8.